The van der Waals surface area contributed by atoms with Crippen LogP contribution in [0.1, 0.15) is 83.2 Å². The quantitative estimate of drug-likeness (QED) is 0.255. The van der Waals surface area contributed by atoms with Crippen LogP contribution in [0.5, 0.6) is 5.75 Å². The van der Waals surface area contributed by atoms with E-state index in [-0.39, 0.29) is 5.41 Å². The molecule has 5 nitrogen and oxygen atoms in total. The smallest absolute Gasteiger partial charge is 0.231 e. The van der Waals surface area contributed by atoms with Crippen molar-refractivity contribution >= 4 is 23.4 Å². The maximum Gasteiger partial charge on any atom is 0.231 e. The van der Waals surface area contributed by atoms with Crippen molar-refractivity contribution in [3.63, 3.8) is 0 Å². The van der Waals surface area contributed by atoms with Gasteiger partial charge in [0.05, 0.1) is 0 Å². The Labute approximate surface area is 180 Å². The molecule has 0 fully saturated rings. The van der Waals surface area contributed by atoms with Gasteiger partial charge in [0.1, 0.15) is 11.6 Å². The maximum atomic E-state index is 10.4. The first-order valence-corrected chi connectivity index (χ1v) is 11.7. The molecule has 0 atom stereocenters. The summed E-state index contributed by atoms with van der Waals surface area (Å²) < 4.78 is 0. The molecule has 6 heteroatoms. The lowest BCUT2D eigenvalue weighted by Crippen LogP contribution is -2.12. The summed E-state index contributed by atoms with van der Waals surface area (Å²) in [7, 11) is 0. The van der Waals surface area contributed by atoms with E-state index in [1.54, 1.807) is 11.8 Å². The normalized spacial score (nSPS) is 11.7. The number of anilines is 2. The highest BCUT2D eigenvalue weighted by atomic mass is 32.2. The molecule has 0 unspecified atom stereocenters. The fourth-order valence-corrected chi connectivity index (χ4v) is 4.05. The van der Waals surface area contributed by atoms with Gasteiger partial charge in [-0.3, -0.25) is 0 Å². The SMILES string of the molecule is CCCCCCCCSc1nc(C)nc(Nc2cc(C)c(O)c(C(C)(C)C)c2)n1. The molecule has 2 aromatic rings. The summed E-state index contributed by atoms with van der Waals surface area (Å²) in [6.07, 6.45) is 7.73. The number of benzene rings is 1. The monoisotopic (exact) mass is 416 g/mol. The highest BCUT2D eigenvalue weighted by molar-refractivity contribution is 7.99. The van der Waals surface area contributed by atoms with E-state index >= 15 is 0 Å². The minimum absolute atomic E-state index is 0.153. The summed E-state index contributed by atoms with van der Waals surface area (Å²) in [5, 5.41) is 14.5. The molecule has 0 saturated heterocycles. The zero-order valence-electron chi connectivity index (χ0n) is 18.8. The minimum Gasteiger partial charge on any atom is -0.507 e. The average Bonchev–Trinajstić information content (AvgIpc) is 2.62. The van der Waals surface area contributed by atoms with Crippen molar-refractivity contribution in [2.45, 2.75) is 90.6 Å². The number of unbranched alkanes of at least 4 members (excludes halogenated alkanes) is 5. The second-order valence-electron chi connectivity index (χ2n) is 8.67. The van der Waals surface area contributed by atoms with E-state index in [0.29, 0.717) is 17.5 Å². The number of aryl methyl sites for hydroxylation is 2. The first-order valence-electron chi connectivity index (χ1n) is 10.7. The summed E-state index contributed by atoms with van der Waals surface area (Å²) in [4.78, 5) is 13.5. The molecule has 160 valence electrons. The third-order valence-electron chi connectivity index (χ3n) is 4.82. The van der Waals surface area contributed by atoms with E-state index in [0.717, 1.165) is 27.7 Å². The van der Waals surface area contributed by atoms with E-state index in [1.807, 2.05) is 26.0 Å². The lowest BCUT2D eigenvalue weighted by molar-refractivity contribution is 0.443. The number of phenolic OH excluding ortho intramolecular Hbond substituents is 1. The summed E-state index contributed by atoms with van der Waals surface area (Å²) in [5.41, 5.74) is 2.47. The Kier molecular flexibility index (Phi) is 8.75. The molecule has 0 saturated carbocycles. The molecule has 0 spiro atoms. The molecule has 1 aromatic heterocycles. The molecule has 2 rings (SSSR count). The van der Waals surface area contributed by atoms with Crippen molar-refractivity contribution in [3.8, 4) is 5.75 Å². The molecule has 0 bridgehead atoms. The van der Waals surface area contributed by atoms with Gasteiger partial charge in [-0.05, 0) is 43.4 Å². The third kappa shape index (κ3) is 7.50. The first-order chi connectivity index (χ1) is 13.7. The summed E-state index contributed by atoms with van der Waals surface area (Å²) in [6, 6.07) is 3.90. The van der Waals surface area contributed by atoms with Gasteiger partial charge in [0, 0.05) is 17.0 Å². The molecular weight excluding hydrogens is 380 g/mol. The van der Waals surface area contributed by atoms with Crippen LogP contribution in [0.25, 0.3) is 0 Å². The molecule has 1 aromatic carbocycles. The van der Waals surface area contributed by atoms with E-state index in [1.165, 1.54) is 38.5 Å². The summed E-state index contributed by atoms with van der Waals surface area (Å²) in [6.45, 7) is 12.3. The predicted octanol–water partition coefficient (Wildman–Crippen LogP) is 6.69. The van der Waals surface area contributed by atoms with Gasteiger partial charge in [-0.25, -0.2) is 4.98 Å². The number of aromatic nitrogens is 3. The van der Waals surface area contributed by atoms with Crippen LogP contribution in [0, 0.1) is 13.8 Å². The van der Waals surface area contributed by atoms with Crippen molar-refractivity contribution in [1.82, 2.24) is 15.0 Å². The highest BCUT2D eigenvalue weighted by Gasteiger charge is 2.20. The van der Waals surface area contributed by atoms with Crippen molar-refractivity contribution < 1.29 is 5.11 Å². The molecule has 0 aliphatic rings. The van der Waals surface area contributed by atoms with E-state index < -0.39 is 0 Å². The number of aromatic hydroxyl groups is 1. The zero-order valence-corrected chi connectivity index (χ0v) is 19.6. The highest BCUT2D eigenvalue weighted by Crippen LogP contribution is 2.36. The minimum atomic E-state index is -0.153. The van der Waals surface area contributed by atoms with Gasteiger partial charge >= 0.3 is 0 Å². The van der Waals surface area contributed by atoms with Gasteiger partial charge in [-0.15, -0.1) is 0 Å². The molecule has 2 N–H and O–H groups in total. The van der Waals surface area contributed by atoms with Crippen LogP contribution in [0.15, 0.2) is 17.3 Å². The fourth-order valence-electron chi connectivity index (χ4n) is 3.18. The molecule has 0 aliphatic carbocycles. The molecule has 29 heavy (non-hydrogen) atoms. The van der Waals surface area contributed by atoms with Gasteiger partial charge in [0.2, 0.25) is 5.95 Å². The number of nitrogens with one attached hydrogen (secondary N) is 1. The van der Waals surface area contributed by atoms with E-state index in [9.17, 15) is 5.11 Å². The zero-order chi connectivity index (χ0) is 21.4. The molecule has 0 aliphatic heterocycles. The van der Waals surface area contributed by atoms with E-state index in [4.69, 9.17) is 0 Å². The van der Waals surface area contributed by atoms with Crippen molar-refractivity contribution in [2.75, 3.05) is 11.1 Å². The van der Waals surface area contributed by atoms with Crippen LogP contribution in [0.2, 0.25) is 0 Å². The second-order valence-corrected chi connectivity index (χ2v) is 9.73. The largest absolute Gasteiger partial charge is 0.507 e. The molecule has 1 heterocycles. The maximum absolute atomic E-state index is 10.4. The molecular formula is C23H36N4OS. The number of nitrogens with zero attached hydrogens (tertiary/aromatic N) is 3. The van der Waals surface area contributed by atoms with Crippen LogP contribution >= 0.6 is 11.8 Å². The lowest BCUT2D eigenvalue weighted by atomic mass is 9.85. The standard InChI is InChI=1S/C23H36N4OS/c1-7-8-9-10-11-12-13-29-22-25-17(3)24-21(27-22)26-18-14-16(2)20(28)19(15-18)23(4,5)6/h14-15,28H,7-13H2,1-6H3,(H,24,25,26,27). The number of hydrogen-bond acceptors (Lipinski definition) is 6. The van der Waals surface area contributed by atoms with E-state index in [2.05, 4.69) is 48.0 Å². The Morgan fingerprint density at radius 1 is 0.966 bits per heavy atom. The molecule has 0 radical (unpaired) electrons. The van der Waals surface area contributed by atoms with Crippen LogP contribution in [0.3, 0.4) is 0 Å². The van der Waals surface area contributed by atoms with Crippen LogP contribution in [0.4, 0.5) is 11.6 Å². The number of thioether (sulfide) groups is 1. The van der Waals surface area contributed by atoms with Crippen molar-refractivity contribution in [1.29, 1.82) is 0 Å². The van der Waals surface area contributed by atoms with Crippen LogP contribution in [-0.2, 0) is 5.41 Å². The summed E-state index contributed by atoms with van der Waals surface area (Å²) in [5.74, 6) is 2.64. The van der Waals surface area contributed by atoms with Gasteiger partial charge < -0.3 is 10.4 Å². The Morgan fingerprint density at radius 3 is 2.34 bits per heavy atom. The Bertz CT molecular complexity index is 802. The first kappa shape index (κ1) is 23.5. The second kappa shape index (κ2) is 10.8. The number of phenols is 1. The fraction of sp³-hybridized carbons (Fsp3) is 0.609. The van der Waals surface area contributed by atoms with Gasteiger partial charge in [-0.2, -0.15) is 9.97 Å². The van der Waals surface area contributed by atoms with Gasteiger partial charge in [0.15, 0.2) is 5.16 Å². The Morgan fingerprint density at radius 2 is 1.66 bits per heavy atom. The van der Waals surface area contributed by atoms with Gasteiger partial charge in [-0.1, -0.05) is 71.6 Å². The Hall–Kier alpha value is -1.82. The van der Waals surface area contributed by atoms with Crippen molar-refractivity contribution in [2.24, 2.45) is 0 Å². The number of hydrogen-bond donors (Lipinski definition) is 2. The lowest BCUT2D eigenvalue weighted by Gasteiger charge is -2.22. The average molecular weight is 417 g/mol. The summed E-state index contributed by atoms with van der Waals surface area (Å²) >= 11 is 1.69. The third-order valence-corrected chi connectivity index (χ3v) is 5.75. The Balaban J connectivity index is 2.04. The van der Waals surface area contributed by atoms with Crippen LogP contribution in [-0.4, -0.2) is 25.8 Å². The predicted molar refractivity (Wildman–Crippen MR) is 123 cm³/mol. The van der Waals surface area contributed by atoms with Crippen molar-refractivity contribution in [3.05, 3.63) is 29.1 Å². The van der Waals surface area contributed by atoms with Crippen LogP contribution < -0.4 is 5.32 Å². The topological polar surface area (TPSA) is 70.9 Å². The van der Waals surface area contributed by atoms with Gasteiger partial charge in [0.25, 0.3) is 0 Å². The number of rotatable bonds is 10. The molecule has 0 amide bonds.